The Morgan fingerprint density at radius 3 is 3.00 bits per heavy atom. The lowest BCUT2D eigenvalue weighted by Crippen LogP contribution is -2.41. The van der Waals surface area contributed by atoms with E-state index in [2.05, 4.69) is 9.88 Å². The zero-order valence-corrected chi connectivity index (χ0v) is 9.00. The van der Waals surface area contributed by atoms with E-state index in [1.165, 1.54) is 12.3 Å². The van der Waals surface area contributed by atoms with Crippen molar-refractivity contribution in [3.8, 4) is 0 Å². The molecule has 0 aromatic carbocycles. The zero-order valence-electron chi connectivity index (χ0n) is 9.00. The molecule has 16 heavy (non-hydrogen) atoms. The standard InChI is InChI=1S/C10H13N3O3/c1-8-7-12(4-5-16-8)10-3-2-9(6-11-10)13(14)15/h2-3,6,8H,4-5,7H2,1H3/t8-/m0/s1. The number of morpholine rings is 1. The van der Waals surface area contributed by atoms with Crippen LogP contribution >= 0.6 is 0 Å². The van der Waals surface area contributed by atoms with Crippen molar-refractivity contribution >= 4 is 11.5 Å². The van der Waals surface area contributed by atoms with Crippen LogP contribution in [0.15, 0.2) is 18.3 Å². The maximum Gasteiger partial charge on any atom is 0.287 e. The van der Waals surface area contributed by atoms with Crippen molar-refractivity contribution in [1.29, 1.82) is 0 Å². The van der Waals surface area contributed by atoms with Crippen molar-refractivity contribution in [3.05, 3.63) is 28.4 Å². The van der Waals surface area contributed by atoms with Crippen LogP contribution in [0.2, 0.25) is 0 Å². The van der Waals surface area contributed by atoms with Gasteiger partial charge in [0.25, 0.3) is 5.69 Å². The largest absolute Gasteiger partial charge is 0.375 e. The third-order valence-corrected chi connectivity index (χ3v) is 2.51. The molecule has 2 heterocycles. The van der Waals surface area contributed by atoms with Crippen molar-refractivity contribution in [2.24, 2.45) is 0 Å². The lowest BCUT2D eigenvalue weighted by molar-refractivity contribution is -0.385. The fraction of sp³-hybridized carbons (Fsp3) is 0.500. The van der Waals surface area contributed by atoms with Gasteiger partial charge in [0.15, 0.2) is 0 Å². The highest BCUT2D eigenvalue weighted by Crippen LogP contribution is 2.17. The molecule has 1 aromatic rings. The number of rotatable bonds is 2. The smallest absolute Gasteiger partial charge is 0.287 e. The number of hydrogen-bond acceptors (Lipinski definition) is 5. The fourth-order valence-electron chi connectivity index (χ4n) is 1.70. The zero-order chi connectivity index (χ0) is 11.5. The van der Waals surface area contributed by atoms with Crippen LogP contribution in [-0.4, -0.2) is 35.7 Å². The molecule has 0 radical (unpaired) electrons. The van der Waals surface area contributed by atoms with Crippen molar-refractivity contribution in [2.75, 3.05) is 24.6 Å². The Morgan fingerprint density at radius 1 is 1.62 bits per heavy atom. The van der Waals surface area contributed by atoms with Crippen LogP contribution in [-0.2, 0) is 4.74 Å². The molecule has 0 aliphatic carbocycles. The highest BCUT2D eigenvalue weighted by molar-refractivity contribution is 5.43. The van der Waals surface area contributed by atoms with Crippen LogP contribution in [0.3, 0.4) is 0 Å². The van der Waals surface area contributed by atoms with Crippen molar-refractivity contribution in [2.45, 2.75) is 13.0 Å². The van der Waals surface area contributed by atoms with Gasteiger partial charge in [-0.05, 0) is 13.0 Å². The maximum atomic E-state index is 10.5. The second-order valence-electron chi connectivity index (χ2n) is 3.76. The van der Waals surface area contributed by atoms with E-state index >= 15 is 0 Å². The Balaban J connectivity index is 2.11. The molecule has 0 saturated carbocycles. The molecule has 1 fully saturated rings. The summed E-state index contributed by atoms with van der Waals surface area (Å²) in [4.78, 5) is 16.2. The number of nitro groups is 1. The summed E-state index contributed by atoms with van der Waals surface area (Å²) >= 11 is 0. The van der Waals surface area contributed by atoms with Crippen LogP contribution in [0, 0.1) is 10.1 Å². The molecule has 86 valence electrons. The quantitative estimate of drug-likeness (QED) is 0.557. The normalized spacial score (nSPS) is 20.8. The summed E-state index contributed by atoms with van der Waals surface area (Å²) in [6.45, 7) is 4.21. The predicted octanol–water partition coefficient (Wildman–Crippen LogP) is 1.21. The molecule has 1 saturated heterocycles. The van der Waals surface area contributed by atoms with Crippen LogP contribution in [0.1, 0.15) is 6.92 Å². The van der Waals surface area contributed by atoms with Gasteiger partial charge in [-0.25, -0.2) is 4.98 Å². The van der Waals surface area contributed by atoms with Gasteiger partial charge >= 0.3 is 0 Å². The molecule has 0 unspecified atom stereocenters. The Labute approximate surface area is 93.0 Å². The first-order chi connectivity index (χ1) is 7.66. The lowest BCUT2D eigenvalue weighted by atomic mass is 10.3. The molecule has 1 aliphatic heterocycles. The number of anilines is 1. The third-order valence-electron chi connectivity index (χ3n) is 2.51. The highest BCUT2D eigenvalue weighted by Gasteiger charge is 2.18. The molecule has 1 aliphatic rings. The van der Waals surface area contributed by atoms with Gasteiger partial charge < -0.3 is 9.64 Å². The molecule has 2 rings (SSSR count). The summed E-state index contributed by atoms with van der Waals surface area (Å²) in [7, 11) is 0. The number of nitrogens with zero attached hydrogens (tertiary/aromatic N) is 3. The van der Waals surface area contributed by atoms with E-state index in [1.807, 2.05) is 6.92 Å². The summed E-state index contributed by atoms with van der Waals surface area (Å²) in [5.74, 6) is 0.765. The van der Waals surface area contributed by atoms with Gasteiger partial charge in [0, 0.05) is 19.2 Å². The monoisotopic (exact) mass is 223 g/mol. The van der Waals surface area contributed by atoms with Crippen LogP contribution < -0.4 is 4.90 Å². The van der Waals surface area contributed by atoms with Crippen molar-refractivity contribution < 1.29 is 9.66 Å². The van der Waals surface area contributed by atoms with Gasteiger partial charge in [-0.2, -0.15) is 0 Å². The number of aromatic nitrogens is 1. The number of ether oxygens (including phenoxy) is 1. The van der Waals surface area contributed by atoms with Gasteiger partial charge in [-0.3, -0.25) is 10.1 Å². The van der Waals surface area contributed by atoms with Crippen LogP contribution in [0.4, 0.5) is 11.5 Å². The number of pyridine rings is 1. The third kappa shape index (κ3) is 2.27. The summed E-state index contributed by atoms with van der Waals surface area (Å²) < 4.78 is 5.41. The summed E-state index contributed by atoms with van der Waals surface area (Å²) in [5.41, 5.74) is 0.0186. The summed E-state index contributed by atoms with van der Waals surface area (Å²) in [6, 6.07) is 3.15. The molecule has 0 N–H and O–H groups in total. The van der Waals surface area contributed by atoms with Crippen LogP contribution in [0.25, 0.3) is 0 Å². The second kappa shape index (κ2) is 4.44. The molecular weight excluding hydrogens is 210 g/mol. The average molecular weight is 223 g/mol. The van der Waals surface area contributed by atoms with E-state index in [-0.39, 0.29) is 11.8 Å². The van der Waals surface area contributed by atoms with E-state index in [0.717, 1.165) is 18.9 Å². The van der Waals surface area contributed by atoms with E-state index in [0.29, 0.717) is 6.61 Å². The van der Waals surface area contributed by atoms with Gasteiger partial charge in [-0.15, -0.1) is 0 Å². The summed E-state index contributed by atoms with van der Waals surface area (Å²) in [6.07, 6.45) is 1.46. The minimum Gasteiger partial charge on any atom is -0.375 e. The van der Waals surface area contributed by atoms with Crippen molar-refractivity contribution in [1.82, 2.24) is 4.98 Å². The van der Waals surface area contributed by atoms with Gasteiger partial charge in [0.1, 0.15) is 12.0 Å². The molecule has 1 aromatic heterocycles. The second-order valence-corrected chi connectivity index (χ2v) is 3.76. The van der Waals surface area contributed by atoms with Crippen LogP contribution in [0.5, 0.6) is 0 Å². The van der Waals surface area contributed by atoms with Gasteiger partial charge in [0.05, 0.1) is 17.6 Å². The first-order valence-corrected chi connectivity index (χ1v) is 5.14. The minimum atomic E-state index is -0.446. The Hall–Kier alpha value is -1.69. The minimum absolute atomic E-state index is 0.0186. The maximum absolute atomic E-state index is 10.5. The van der Waals surface area contributed by atoms with Gasteiger partial charge in [-0.1, -0.05) is 0 Å². The molecule has 0 spiro atoms. The lowest BCUT2D eigenvalue weighted by Gasteiger charge is -2.31. The molecule has 6 heteroatoms. The summed E-state index contributed by atoms with van der Waals surface area (Å²) in [5, 5.41) is 10.5. The molecular formula is C10H13N3O3. The van der Waals surface area contributed by atoms with Gasteiger partial charge in [0.2, 0.25) is 0 Å². The van der Waals surface area contributed by atoms with Crippen molar-refractivity contribution in [3.63, 3.8) is 0 Å². The Kier molecular flexibility index (Phi) is 3.00. The average Bonchev–Trinajstić information content (AvgIpc) is 2.29. The van der Waals surface area contributed by atoms with E-state index < -0.39 is 4.92 Å². The first-order valence-electron chi connectivity index (χ1n) is 5.14. The molecule has 0 bridgehead atoms. The first kappa shape index (κ1) is 10.8. The van der Waals surface area contributed by atoms with E-state index in [1.54, 1.807) is 6.07 Å². The Morgan fingerprint density at radius 2 is 2.44 bits per heavy atom. The van der Waals surface area contributed by atoms with E-state index in [9.17, 15) is 10.1 Å². The van der Waals surface area contributed by atoms with E-state index in [4.69, 9.17) is 4.74 Å². The number of hydrogen-bond donors (Lipinski definition) is 0. The Bertz CT molecular complexity index is 379. The highest BCUT2D eigenvalue weighted by atomic mass is 16.6. The topological polar surface area (TPSA) is 68.5 Å². The molecule has 0 amide bonds. The molecule has 1 atom stereocenters. The fourth-order valence-corrected chi connectivity index (χ4v) is 1.70. The molecule has 6 nitrogen and oxygen atoms in total. The SMILES string of the molecule is C[C@H]1CN(c2ccc([N+](=O)[O-])cn2)CCO1. The predicted molar refractivity (Wildman–Crippen MR) is 58.5 cm³/mol.